The molecule has 2 saturated carbocycles. The molecule has 6 rings (SSSR count). The Morgan fingerprint density at radius 3 is 2.61 bits per heavy atom. The Hall–Kier alpha value is -4.47. The highest BCUT2D eigenvalue weighted by Crippen LogP contribution is 2.47. The molecule has 1 aliphatic heterocycles. The zero-order valence-electron chi connectivity index (χ0n) is 27.0. The molecule has 1 N–H and O–H groups in total. The Morgan fingerprint density at radius 2 is 1.85 bits per heavy atom. The zero-order valence-corrected chi connectivity index (χ0v) is 27.0. The lowest BCUT2D eigenvalue weighted by molar-refractivity contribution is -0.150. The van der Waals surface area contributed by atoms with Crippen molar-refractivity contribution in [1.82, 2.24) is 20.2 Å². The van der Waals surface area contributed by atoms with Crippen molar-refractivity contribution in [2.24, 2.45) is 17.8 Å². The highest BCUT2D eigenvalue weighted by molar-refractivity contribution is 5.95. The number of carbonyl (C=O) groups excluding carboxylic acids is 3. The van der Waals surface area contributed by atoms with Crippen molar-refractivity contribution in [1.29, 1.82) is 0 Å². The molecule has 46 heavy (non-hydrogen) atoms. The average molecular weight is 627 g/mol. The molecule has 0 bridgehead atoms. The van der Waals surface area contributed by atoms with Gasteiger partial charge in [-0.1, -0.05) is 42.5 Å². The van der Waals surface area contributed by atoms with E-state index in [0.717, 1.165) is 35.8 Å². The van der Waals surface area contributed by atoms with Gasteiger partial charge in [-0.25, -0.2) is 9.78 Å². The number of methoxy groups -OCH3 is 1. The van der Waals surface area contributed by atoms with Gasteiger partial charge in [-0.05, 0) is 64.5 Å². The van der Waals surface area contributed by atoms with E-state index in [0.29, 0.717) is 48.8 Å². The summed E-state index contributed by atoms with van der Waals surface area (Å²) in [5.41, 5.74) is 1.30. The first-order chi connectivity index (χ1) is 22.3. The fourth-order valence-electron chi connectivity index (χ4n) is 6.91. The highest BCUT2D eigenvalue weighted by atomic mass is 16.5. The van der Waals surface area contributed by atoms with Gasteiger partial charge < -0.3 is 24.4 Å². The minimum Gasteiger partial charge on any atom is -0.496 e. The molecule has 3 aromatic rings. The quantitative estimate of drug-likeness (QED) is 0.299. The summed E-state index contributed by atoms with van der Waals surface area (Å²) in [7, 11) is 3.42. The Balaban J connectivity index is 1.34. The Labute approximate surface area is 269 Å². The van der Waals surface area contributed by atoms with Crippen LogP contribution in [0.1, 0.15) is 51.0 Å². The van der Waals surface area contributed by atoms with Crippen molar-refractivity contribution in [3.8, 4) is 23.0 Å². The van der Waals surface area contributed by atoms with Gasteiger partial charge in [-0.3, -0.25) is 9.59 Å². The summed E-state index contributed by atoms with van der Waals surface area (Å²) in [6, 6.07) is 13.4. The van der Waals surface area contributed by atoms with E-state index >= 15 is 0 Å². The number of nitrogens with one attached hydrogen (secondary N) is 1. The summed E-state index contributed by atoms with van der Waals surface area (Å²) in [5, 5.41) is 3.77. The van der Waals surface area contributed by atoms with Crippen LogP contribution in [0.25, 0.3) is 22.3 Å². The number of ether oxygens (including phenoxy) is 3. The summed E-state index contributed by atoms with van der Waals surface area (Å²) >= 11 is 0. The Morgan fingerprint density at radius 1 is 1.07 bits per heavy atom. The van der Waals surface area contributed by atoms with Gasteiger partial charge in [0.1, 0.15) is 17.4 Å². The van der Waals surface area contributed by atoms with E-state index in [1.54, 1.807) is 26.0 Å². The smallest absolute Gasteiger partial charge is 0.332 e. The number of carbonyl (C=O) groups is 3. The van der Waals surface area contributed by atoms with Crippen LogP contribution in [0.5, 0.6) is 11.6 Å². The standard InChI is InChI=1S/C36H42N4O6/c1-5-45-35(43)36-21-24(36)15-11-6-7-12-18-40(3)34(42)28-20-25(19-27(28)32(41)39-36)46-33-26-16-17-29(44-4)22(2)30(26)37-31(38-33)23-13-9-8-10-14-23/h8-11,13-17,24-25,27-28H,5-7,12,18-21H2,1-4H3,(H,39,41). The molecule has 0 spiro atoms. The molecule has 5 unspecified atom stereocenters. The van der Waals surface area contributed by atoms with Gasteiger partial charge in [0.05, 0.1) is 36.5 Å². The predicted molar refractivity (Wildman–Crippen MR) is 173 cm³/mol. The van der Waals surface area contributed by atoms with E-state index in [2.05, 4.69) is 11.4 Å². The van der Waals surface area contributed by atoms with Gasteiger partial charge in [0, 0.05) is 30.6 Å². The van der Waals surface area contributed by atoms with Crippen LogP contribution in [-0.2, 0) is 19.1 Å². The summed E-state index contributed by atoms with van der Waals surface area (Å²) in [6.45, 7) is 4.54. The molecule has 2 fully saturated rings. The molecule has 10 heteroatoms. The predicted octanol–water partition coefficient (Wildman–Crippen LogP) is 5.02. The number of benzene rings is 2. The van der Waals surface area contributed by atoms with Crippen molar-refractivity contribution >= 4 is 28.7 Å². The van der Waals surface area contributed by atoms with Crippen LogP contribution in [0, 0.1) is 24.7 Å². The molecule has 10 nitrogen and oxygen atoms in total. The van der Waals surface area contributed by atoms with E-state index in [1.807, 2.05) is 55.5 Å². The second-order valence-corrected chi connectivity index (χ2v) is 12.6. The van der Waals surface area contributed by atoms with Gasteiger partial charge in [0.15, 0.2) is 5.82 Å². The van der Waals surface area contributed by atoms with Crippen molar-refractivity contribution in [3.05, 3.63) is 60.2 Å². The minimum absolute atomic E-state index is 0.0884. The van der Waals surface area contributed by atoms with Gasteiger partial charge in [-0.15, -0.1) is 0 Å². The molecular formula is C36H42N4O6. The molecule has 2 heterocycles. The zero-order chi connectivity index (χ0) is 32.4. The lowest BCUT2D eigenvalue weighted by Gasteiger charge is -2.26. The lowest BCUT2D eigenvalue weighted by atomic mass is 9.93. The third kappa shape index (κ3) is 6.04. The first-order valence-corrected chi connectivity index (χ1v) is 16.2. The monoisotopic (exact) mass is 626 g/mol. The van der Waals surface area contributed by atoms with E-state index in [1.165, 1.54) is 0 Å². The SMILES string of the molecule is CCOC(=O)C12CC1C=CCCCCN(C)C(=O)C1CC(Oc3nc(-c4ccccc4)nc4c(C)c(OC)ccc34)CC1C(=O)N2. The maximum atomic E-state index is 14.0. The van der Waals surface area contributed by atoms with Crippen molar-refractivity contribution in [2.75, 3.05) is 27.3 Å². The maximum Gasteiger partial charge on any atom is 0.332 e. The molecule has 3 aliphatic rings. The van der Waals surface area contributed by atoms with Crippen molar-refractivity contribution in [2.45, 2.75) is 64.0 Å². The number of rotatable bonds is 6. The summed E-state index contributed by atoms with van der Waals surface area (Å²) < 4.78 is 17.6. The topological polar surface area (TPSA) is 120 Å². The van der Waals surface area contributed by atoms with E-state index in [4.69, 9.17) is 24.2 Å². The molecule has 2 amide bonds. The third-order valence-corrected chi connectivity index (χ3v) is 9.60. The van der Waals surface area contributed by atoms with Crippen molar-refractivity contribution in [3.63, 3.8) is 0 Å². The second kappa shape index (κ2) is 13.1. The van der Waals surface area contributed by atoms with E-state index in [-0.39, 0.29) is 24.3 Å². The summed E-state index contributed by atoms with van der Waals surface area (Å²) in [5.74, 6) is -0.649. The number of aryl methyl sites for hydroxylation is 1. The van der Waals surface area contributed by atoms with E-state index < -0.39 is 29.4 Å². The third-order valence-electron chi connectivity index (χ3n) is 9.60. The lowest BCUT2D eigenvalue weighted by Crippen LogP contribution is -2.50. The van der Waals surface area contributed by atoms with Crippen LogP contribution >= 0.6 is 0 Å². The largest absolute Gasteiger partial charge is 0.496 e. The van der Waals surface area contributed by atoms with Crippen LogP contribution in [0.3, 0.4) is 0 Å². The Bertz CT molecular complexity index is 1660. The number of esters is 1. The van der Waals surface area contributed by atoms with Gasteiger partial charge in [-0.2, -0.15) is 4.98 Å². The first kappa shape index (κ1) is 31.5. The fraction of sp³-hybridized carbons (Fsp3) is 0.472. The molecule has 5 atom stereocenters. The summed E-state index contributed by atoms with van der Waals surface area (Å²) in [6.07, 6.45) is 7.38. The van der Waals surface area contributed by atoms with Crippen molar-refractivity contribution < 1.29 is 28.6 Å². The number of hydrogen-bond acceptors (Lipinski definition) is 8. The molecule has 2 aromatic carbocycles. The first-order valence-electron chi connectivity index (χ1n) is 16.2. The van der Waals surface area contributed by atoms with Crippen LogP contribution in [-0.4, -0.2) is 71.6 Å². The minimum atomic E-state index is -1.10. The number of hydrogen-bond donors (Lipinski definition) is 1. The van der Waals surface area contributed by atoms with Crippen LogP contribution in [0.2, 0.25) is 0 Å². The van der Waals surface area contributed by atoms with Crippen LogP contribution in [0.15, 0.2) is 54.6 Å². The maximum absolute atomic E-state index is 14.0. The number of aromatic nitrogens is 2. The normalized spacial score (nSPS) is 26.5. The number of allylic oxidation sites excluding steroid dienone is 1. The molecule has 2 aliphatic carbocycles. The Kier molecular flexibility index (Phi) is 8.97. The van der Waals surface area contributed by atoms with E-state index in [9.17, 15) is 14.4 Å². The fourth-order valence-corrected chi connectivity index (χ4v) is 6.91. The second-order valence-electron chi connectivity index (χ2n) is 12.6. The van der Waals surface area contributed by atoms with Gasteiger partial charge >= 0.3 is 5.97 Å². The summed E-state index contributed by atoms with van der Waals surface area (Å²) in [4.78, 5) is 52.5. The van der Waals surface area contributed by atoms with Crippen LogP contribution < -0.4 is 14.8 Å². The van der Waals surface area contributed by atoms with Gasteiger partial charge in [0.2, 0.25) is 17.7 Å². The molecule has 1 aromatic heterocycles. The molecule has 0 radical (unpaired) electrons. The van der Waals surface area contributed by atoms with Gasteiger partial charge in [0.25, 0.3) is 0 Å². The number of amides is 2. The molecule has 0 saturated heterocycles. The highest BCUT2D eigenvalue weighted by Gasteiger charge is 2.62. The molecular weight excluding hydrogens is 584 g/mol. The van der Waals surface area contributed by atoms with Crippen LogP contribution in [0.4, 0.5) is 0 Å². The average Bonchev–Trinajstić information content (AvgIpc) is 3.59. The number of fused-ring (bicyclic) bond motifs is 3. The molecule has 242 valence electrons. The number of nitrogens with zero attached hydrogens (tertiary/aromatic N) is 3.